The van der Waals surface area contributed by atoms with Gasteiger partial charge < -0.3 is 5.73 Å². The molecule has 0 aromatic heterocycles. The predicted molar refractivity (Wildman–Crippen MR) is 75.6 cm³/mol. The van der Waals surface area contributed by atoms with Gasteiger partial charge in [-0.25, -0.2) is 13.3 Å². The molecule has 1 aliphatic rings. The highest BCUT2D eigenvalue weighted by Gasteiger charge is 2.23. The molecule has 100 valence electrons. The van der Waals surface area contributed by atoms with Crippen molar-refractivity contribution in [2.45, 2.75) is 50.1 Å². The molecule has 1 saturated carbocycles. The maximum absolute atomic E-state index is 13.0. The lowest BCUT2D eigenvalue weighted by atomic mass is 9.94. The number of nitrogens with two attached hydrogens (primary N) is 1. The van der Waals surface area contributed by atoms with Gasteiger partial charge in [0.05, 0.1) is 10.9 Å². The van der Waals surface area contributed by atoms with E-state index in [0.29, 0.717) is 11.7 Å². The fourth-order valence-electron chi connectivity index (χ4n) is 1.86. The van der Waals surface area contributed by atoms with E-state index in [1.54, 1.807) is 24.3 Å². The van der Waals surface area contributed by atoms with Gasteiger partial charge in [0.15, 0.2) is 0 Å². The summed E-state index contributed by atoms with van der Waals surface area (Å²) in [5.41, 5.74) is 6.34. The molecule has 0 saturated heterocycles. The van der Waals surface area contributed by atoms with Crippen molar-refractivity contribution in [1.82, 2.24) is 4.72 Å². The van der Waals surface area contributed by atoms with Crippen molar-refractivity contribution in [1.29, 1.82) is 0 Å². The molecule has 0 aliphatic heterocycles. The topological polar surface area (TPSA) is 67.5 Å². The van der Waals surface area contributed by atoms with E-state index in [1.165, 1.54) is 6.42 Å². The Balaban J connectivity index is 2.34. The van der Waals surface area contributed by atoms with Crippen LogP contribution >= 0.6 is 0 Å². The first-order valence-electron chi connectivity index (χ1n) is 6.39. The second-order valence-electron chi connectivity index (χ2n) is 5.04. The van der Waals surface area contributed by atoms with Crippen molar-refractivity contribution < 1.29 is 4.21 Å². The van der Waals surface area contributed by atoms with Gasteiger partial charge in [-0.1, -0.05) is 6.42 Å². The average molecular weight is 267 g/mol. The maximum Gasteiger partial charge on any atom is 0.137 e. The van der Waals surface area contributed by atoms with Gasteiger partial charge in [0.1, 0.15) is 9.92 Å². The number of anilines is 1. The summed E-state index contributed by atoms with van der Waals surface area (Å²) in [6, 6.07) is 7.51. The molecule has 4 nitrogen and oxygen atoms in total. The molecule has 0 radical (unpaired) electrons. The van der Waals surface area contributed by atoms with Crippen LogP contribution in [0.3, 0.4) is 0 Å². The third kappa shape index (κ3) is 3.03. The lowest BCUT2D eigenvalue weighted by Gasteiger charge is -2.28. The van der Waals surface area contributed by atoms with Crippen molar-refractivity contribution in [2.75, 3.05) is 5.73 Å². The molecule has 1 atom stereocenters. The van der Waals surface area contributed by atoms with Gasteiger partial charge in [-0.3, -0.25) is 0 Å². The second kappa shape index (κ2) is 5.28. The first kappa shape index (κ1) is 13.4. The minimum Gasteiger partial charge on any atom is -0.399 e. The first-order chi connectivity index (χ1) is 8.49. The lowest BCUT2D eigenvalue weighted by Crippen LogP contribution is -2.39. The molecule has 18 heavy (non-hydrogen) atoms. The van der Waals surface area contributed by atoms with Crippen LogP contribution in [0.15, 0.2) is 33.5 Å². The zero-order valence-corrected chi connectivity index (χ0v) is 11.7. The number of nitrogens with one attached hydrogen (secondary N) is 1. The van der Waals surface area contributed by atoms with Gasteiger partial charge in [0.25, 0.3) is 0 Å². The third-order valence-corrected chi connectivity index (χ3v) is 5.27. The van der Waals surface area contributed by atoms with Crippen LogP contribution < -0.4 is 10.5 Å². The van der Waals surface area contributed by atoms with Crippen molar-refractivity contribution in [3.8, 4) is 0 Å². The summed E-state index contributed by atoms with van der Waals surface area (Å²) in [7, 11) is -2.52. The SMILES string of the molecule is CC(C)N=S(=O)(NC1CCC1)c1ccc(N)cc1. The molecule has 1 aromatic rings. The summed E-state index contributed by atoms with van der Waals surface area (Å²) in [4.78, 5) is 0.720. The zero-order valence-electron chi connectivity index (χ0n) is 10.9. The largest absolute Gasteiger partial charge is 0.399 e. The number of benzene rings is 1. The van der Waals surface area contributed by atoms with Crippen LogP contribution in [0.25, 0.3) is 0 Å². The molecule has 0 bridgehead atoms. The van der Waals surface area contributed by atoms with E-state index in [9.17, 15) is 4.21 Å². The lowest BCUT2D eigenvalue weighted by molar-refractivity contribution is 0.389. The number of rotatable bonds is 4. The van der Waals surface area contributed by atoms with Crippen LogP contribution in [0.4, 0.5) is 5.69 Å². The molecule has 2 rings (SSSR count). The molecule has 1 aliphatic carbocycles. The molecule has 0 amide bonds. The Hall–Kier alpha value is -1.07. The van der Waals surface area contributed by atoms with E-state index < -0.39 is 9.92 Å². The van der Waals surface area contributed by atoms with E-state index in [4.69, 9.17) is 5.73 Å². The van der Waals surface area contributed by atoms with E-state index >= 15 is 0 Å². The summed E-state index contributed by atoms with van der Waals surface area (Å²) in [6.45, 7) is 3.89. The summed E-state index contributed by atoms with van der Waals surface area (Å²) in [5.74, 6) is 0. The molecule has 1 unspecified atom stereocenters. The number of nitrogens with zero attached hydrogens (tertiary/aromatic N) is 1. The average Bonchev–Trinajstić information content (AvgIpc) is 2.23. The predicted octanol–water partition coefficient (Wildman–Crippen LogP) is 2.56. The highest BCUT2D eigenvalue weighted by Crippen LogP contribution is 2.23. The number of hydrogen-bond acceptors (Lipinski definition) is 3. The van der Waals surface area contributed by atoms with Gasteiger partial charge >= 0.3 is 0 Å². The molecule has 1 aromatic carbocycles. The van der Waals surface area contributed by atoms with Gasteiger partial charge in [-0.05, 0) is 51.0 Å². The Morgan fingerprint density at radius 2 is 1.94 bits per heavy atom. The van der Waals surface area contributed by atoms with Crippen LogP contribution in [0.5, 0.6) is 0 Å². The molecule has 3 N–H and O–H groups in total. The maximum atomic E-state index is 13.0. The highest BCUT2D eigenvalue weighted by atomic mass is 32.2. The Bertz CT molecular complexity index is 512. The second-order valence-corrected chi connectivity index (χ2v) is 7.01. The van der Waals surface area contributed by atoms with E-state index in [0.717, 1.165) is 17.7 Å². The first-order valence-corrected chi connectivity index (χ1v) is 7.90. The van der Waals surface area contributed by atoms with Gasteiger partial charge in [0, 0.05) is 11.7 Å². The van der Waals surface area contributed by atoms with Crippen molar-refractivity contribution in [2.24, 2.45) is 4.36 Å². The van der Waals surface area contributed by atoms with Crippen molar-refractivity contribution in [3.63, 3.8) is 0 Å². The van der Waals surface area contributed by atoms with E-state index in [-0.39, 0.29) is 6.04 Å². The number of hydrogen-bond donors (Lipinski definition) is 2. The molecule has 0 heterocycles. The summed E-state index contributed by atoms with van der Waals surface area (Å²) < 4.78 is 20.6. The quantitative estimate of drug-likeness (QED) is 0.823. The van der Waals surface area contributed by atoms with Crippen LogP contribution in [-0.4, -0.2) is 16.3 Å². The van der Waals surface area contributed by atoms with Crippen molar-refractivity contribution in [3.05, 3.63) is 24.3 Å². The monoisotopic (exact) mass is 267 g/mol. The van der Waals surface area contributed by atoms with Gasteiger partial charge in [-0.2, -0.15) is 0 Å². The molecular weight excluding hydrogens is 246 g/mol. The fraction of sp³-hybridized carbons (Fsp3) is 0.538. The molecular formula is C13H21N3OS. The number of nitrogen functional groups attached to an aromatic ring is 1. The molecule has 1 fully saturated rings. The fourth-order valence-corrected chi connectivity index (χ4v) is 3.97. The molecule has 5 heteroatoms. The third-order valence-electron chi connectivity index (χ3n) is 2.99. The summed E-state index contributed by atoms with van der Waals surface area (Å²) >= 11 is 0. The van der Waals surface area contributed by atoms with E-state index in [1.807, 2.05) is 13.8 Å². The van der Waals surface area contributed by atoms with E-state index in [2.05, 4.69) is 9.08 Å². The summed E-state index contributed by atoms with van der Waals surface area (Å²) in [6.07, 6.45) is 3.37. The minimum atomic E-state index is -2.52. The Morgan fingerprint density at radius 3 is 2.39 bits per heavy atom. The van der Waals surface area contributed by atoms with Crippen LogP contribution in [0, 0.1) is 0 Å². The Labute approximate surface area is 109 Å². The summed E-state index contributed by atoms with van der Waals surface area (Å²) in [5, 5.41) is 0. The van der Waals surface area contributed by atoms with Crippen LogP contribution in [0.1, 0.15) is 33.1 Å². The standard InChI is InChI=1S/C13H21N3OS/c1-10(2)15-18(17,16-12-4-3-5-12)13-8-6-11(14)7-9-13/h6-10,12H,3-5,14H2,1-2H3,(H,15,16,17). The van der Waals surface area contributed by atoms with Crippen LogP contribution in [-0.2, 0) is 9.92 Å². The normalized spacial score (nSPS) is 19.3. The minimum absolute atomic E-state index is 0.0302. The Morgan fingerprint density at radius 1 is 1.33 bits per heavy atom. The molecule has 0 spiro atoms. The van der Waals surface area contributed by atoms with Crippen LogP contribution in [0.2, 0.25) is 0 Å². The van der Waals surface area contributed by atoms with Gasteiger partial charge in [0.2, 0.25) is 0 Å². The zero-order chi connectivity index (χ0) is 13.2. The van der Waals surface area contributed by atoms with Crippen molar-refractivity contribution >= 4 is 15.6 Å². The smallest absolute Gasteiger partial charge is 0.137 e. The van der Waals surface area contributed by atoms with Gasteiger partial charge in [-0.15, -0.1) is 0 Å². The highest BCUT2D eigenvalue weighted by molar-refractivity contribution is 7.91. The Kier molecular flexibility index (Phi) is 3.92.